The fourth-order valence-corrected chi connectivity index (χ4v) is 2.85. The molecule has 1 atom stereocenters. The summed E-state index contributed by atoms with van der Waals surface area (Å²) in [6, 6.07) is 5.03. The van der Waals surface area contributed by atoms with Crippen LogP contribution in [-0.2, 0) is 22.9 Å². The largest absolute Gasteiger partial charge is 0.508 e. The van der Waals surface area contributed by atoms with Crippen molar-refractivity contribution in [3.05, 3.63) is 29.3 Å². The van der Waals surface area contributed by atoms with Crippen LogP contribution in [0.5, 0.6) is 5.75 Å². The van der Waals surface area contributed by atoms with Crippen LogP contribution in [0.1, 0.15) is 17.5 Å². The van der Waals surface area contributed by atoms with Gasteiger partial charge in [0, 0.05) is 0 Å². The Morgan fingerprint density at radius 1 is 1.33 bits per heavy atom. The normalized spacial score (nSPS) is 21.0. The number of phenolic OH excluding ortho intramolecular Hbond substituents is 1. The van der Waals surface area contributed by atoms with Crippen LogP contribution in [0, 0.1) is 0 Å². The molecule has 1 unspecified atom stereocenters. The number of fused-ring (bicyclic) bond motifs is 1. The van der Waals surface area contributed by atoms with E-state index in [0.29, 0.717) is 19.3 Å². The molecule has 0 amide bonds. The summed E-state index contributed by atoms with van der Waals surface area (Å²) in [4.78, 5) is 0. The molecule has 0 bridgehead atoms. The van der Waals surface area contributed by atoms with E-state index in [4.69, 9.17) is 5.14 Å². The smallest absolute Gasteiger partial charge is 0.212 e. The van der Waals surface area contributed by atoms with Crippen molar-refractivity contribution in [2.45, 2.75) is 24.5 Å². The van der Waals surface area contributed by atoms with Crippen molar-refractivity contribution in [1.82, 2.24) is 0 Å². The number of hydrogen-bond donors (Lipinski definition) is 2. The maximum atomic E-state index is 11.2. The predicted octanol–water partition coefficient (Wildman–Crippen LogP) is 0.538. The quantitative estimate of drug-likeness (QED) is 0.734. The average Bonchev–Trinajstić information content (AvgIpc) is 2.15. The van der Waals surface area contributed by atoms with Crippen LogP contribution < -0.4 is 5.14 Å². The summed E-state index contributed by atoms with van der Waals surface area (Å²) in [5.74, 6) is 0.225. The predicted molar refractivity (Wildman–Crippen MR) is 57.0 cm³/mol. The second-order valence-electron chi connectivity index (χ2n) is 3.91. The Kier molecular flexibility index (Phi) is 2.44. The molecule has 0 spiro atoms. The summed E-state index contributed by atoms with van der Waals surface area (Å²) in [6.07, 6.45) is 1.65. The molecule has 1 aliphatic rings. The highest BCUT2D eigenvalue weighted by Crippen LogP contribution is 2.27. The third-order valence-electron chi connectivity index (χ3n) is 2.84. The molecule has 82 valence electrons. The van der Waals surface area contributed by atoms with Gasteiger partial charge < -0.3 is 5.11 Å². The van der Waals surface area contributed by atoms with E-state index in [2.05, 4.69) is 0 Å². The molecule has 0 aliphatic heterocycles. The molecule has 5 heteroatoms. The molecule has 0 radical (unpaired) electrons. The minimum atomic E-state index is -3.44. The van der Waals surface area contributed by atoms with Crippen LogP contribution >= 0.6 is 0 Å². The third kappa shape index (κ3) is 2.13. The number of sulfonamides is 1. The van der Waals surface area contributed by atoms with Crippen LogP contribution in [0.3, 0.4) is 0 Å². The average molecular weight is 227 g/mol. The molecule has 1 aliphatic carbocycles. The van der Waals surface area contributed by atoms with Gasteiger partial charge in [-0.25, -0.2) is 13.6 Å². The molecular weight excluding hydrogens is 214 g/mol. The molecule has 3 N–H and O–H groups in total. The van der Waals surface area contributed by atoms with Crippen molar-refractivity contribution in [3.8, 4) is 5.75 Å². The Morgan fingerprint density at radius 2 is 2.07 bits per heavy atom. The number of benzene rings is 1. The van der Waals surface area contributed by atoms with Crippen LogP contribution in [0.2, 0.25) is 0 Å². The van der Waals surface area contributed by atoms with E-state index in [0.717, 1.165) is 11.1 Å². The summed E-state index contributed by atoms with van der Waals surface area (Å²) < 4.78 is 22.4. The fraction of sp³-hybridized carbons (Fsp3) is 0.400. The van der Waals surface area contributed by atoms with Crippen molar-refractivity contribution in [1.29, 1.82) is 0 Å². The fourth-order valence-electron chi connectivity index (χ4n) is 1.99. The lowest BCUT2D eigenvalue weighted by atomic mass is 9.91. The Balaban J connectivity index is 2.32. The van der Waals surface area contributed by atoms with E-state index in [1.54, 1.807) is 18.2 Å². The number of primary sulfonamides is 1. The monoisotopic (exact) mass is 227 g/mol. The molecule has 15 heavy (non-hydrogen) atoms. The highest BCUT2D eigenvalue weighted by Gasteiger charge is 2.26. The maximum absolute atomic E-state index is 11.2. The van der Waals surface area contributed by atoms with Crippen LogP contribution in [0.15, 0.2) is 18.2 Å². The zero-order valence-corrected chi connectivity index (χ0v) is 9.00. The van der Waals surface area contributed by atoms with Crippen LogP contribution in [0.25, 0.3) is 0 Å². The number of rotatable bonds is 1. The first kappa shape index (κ1) is 10.4. The van der Waals surface area contributed by atoms with Crippen molar-refractivity contribution >= 4 is 10.0 Å². The lowest BCUT2D eigenvalue weighted by Crippen LogP contribution is -2.33. The van der Waals surface area contributed by atoms with Gasteiger partial charge in [-0.3, -0.25) is 0 Å². The molecule has 1 aromatic rings. The summed E-state index contributed by atoms with van der Waals surface area (Å²) in [6.45, 7) is 0. The lowest BCUT2D eigenvalue weighted by molar-refractivity contribution is 0.473. The van der Waals surface area contributed by atoms with Gasteiger partial charge >= 0.3 is 0 Å². The summed E-state index contributed by atoms with van der Waals surface area (Å²) >= 11 is 0. The second-order valence-corrected chi connectivity index (χ2v) is 5.75. The van der Waals surface area contributed by atoms with Gasteiger partial charge in [0.15, 0.2) is 0 Å². The number of hydrogen-bond acceptors (Lipinski definition) is 3. The molecular formula is C10H13NO3S. The van der Waals surface area contributed by atoms with Gasteiger partial charge in [-0.05, 0) is 42.5 Å². The highest BCUT2D eigenvalue weighted by atomic mass is 32.2. The van der Waals surface area contributed by atoms with E-state index in [1.807, 2.05) is 0 Å². The van der Waals surface area contributed by atoms with Gasteiger partial charge in [0.25, 0.3) is 0 Å². The van der Waals surface area contributed by atoms with Gasteiger partial charge in [-0.2, -0.15) is 0 Å². The minimum Gasteiger partial charge on any atom is -0.508 e. The minimum absolute atomic E-state index is 0.225. The van der Waals surface area contributed by atoms with Crippen LogP contribution in [0.4, 0.5) is 0 Å². The van der Waals surface area contributed by atoms with Gasteiger partial charge in [0.05, 0.1) is 5.25 Å². The van der Waals surface area contributed by atoms with Gasteiger partial charge in [0.1, 0.15) is 5.75 Å². The van der Waals surface area contributed by atoms with E-state index in [1.165, 1.54) is 0 Å². The van der Waals surface area contributed by atoms with Gasteiger partial charge in [-0.1, -0.05) is 6.07 Å². The number of aromatic hydroxyl groups is 1. The zero-order valence-electron chi connectivity index (χ0n) is 8.18. The van der Waals surface area contributed by atoms with E-state index >= 15 is 0 Å². The Labute approximate surface area is 88.8 Å². The highest BCUT2D eigenvalue weighted by molar-refractivity contribution is 7.89. The molecule has 2 rings (SSSR count). The summed E-state index contributed by atoms with van der Waals surface area (Å²) in [5.41, 5.74) is 1.99. The number of aryl methyl sites for hydroxylation is 1. The standard InChI is InChI=1S/C10H13NO3S/c11-15(13,14)10-4-2-7-5-9(12)3-1-8(7)6-10/h1,3,5,10,12H,2,4,6H2,(H2,11,13,14). The van der Waals surface area contributed by atoms with E-state index in [9.17, 15) is 13.5 Å². The SMILES string of the molecule is NS(=O)(=O)C1CCc2cc(O)ccc2C1. The number of nitrogens with two attached hydrogens (primary N) is 1. The summed E-state index contributed by atoms with van der Waals surface area (Å²) in [7, 11) is -3.44. The molecule has 4 nitrogen and oxygen atoms in total. The van der Waals surface area contributed by atoms with Crippen LogP contribution in [-0.4, -0.2) is 18.8 Å². The topological polar surface area (TPSA) is 80.4 Å². The molecule has 0 aromatic heterocycles. The first-order chi connectivity index (χ1) is 6.97. The lowest BCUT2D eigenvalue weighted by Gasteiger charge is -2.22. The van der Waals surface area contributed by atoms with Crippen molar-refractivity contribution < 1.29 is 13.5 Å². The Bertz CT molecular complexity index is 481. The molecule has 0 saturated carbocycles. The molecule has 0 fully saturated rings. The number of phenols is 1. The van der Waals surface area contributed by atoms with Crippen molar-refractivity contribution in [2.24, 2.45) is 5.14 Å². The van der Waals surface area contributed by atoms with Crippen molar-refractivity contribution in [3.63, 3.8) is 0 Å². The molecule has 0 heterocycles. The summed E-state index contributed by atoms with van der Waals surface area (Å²) in [5, 5.41) is 13.9. The second kappa shape index (κ2) is 3.50. The molecule has 1 aromatic carbocycles. The van der Waals surface area contributed by atoms with Gasteiger partial charge in [0.2, 0.25) is 10.0 Å². The first-order valence-electron chi connectivity index (χ1n) is 4.79. The van der Waals surface area contributed by atoms with E-state index < -0.39 is 15.3 Å². The zero-order chi connectivity index (χ0) is 11.1. The first-order valence-corrected chi connectivity index (χ1v) is 6.40. The Hall–Kier alpha value is -1.07. The van der Waals surface area contributed by atoms with Gasteiger partial charge in [-0.15, -0.1) is 0 Å². The molecule has 0 saturated heterocycles. The maximum Gasteiger partial charge on any atom is 0.212 e. The van der Waals surface area contributed by atoms with Crippen molar-refractivity contribution in [2.75, 3.05) is 0 Å². The Morgan fingerprint density at radius 3 is 2.73 bits per heavy atom. The van der Waals surface area contributed by atoms with E-state index in [-0.39, 0.29) is 5.75 Å². The third-order valence-corrected chi connectivity index (χ3v) is 4.17.